The molecule has 3 N–H and O–H groups in total. The summed E-state index contributed by atoms with van der Waals surface area (Å²) in [5, 5.41) is 11.1. The number of aliphatic hydroxyl groups excluding tert-OH is 1. The highest BCUT2D eigenvalue weighted by Gasteiger charge is 2.31. The van der Waals surface area contributed by atoms with Gasteiger partial charge in [-0.25, -0.2) is 0 Å². The van der Waals surface area contributed by atoms with E-state index in [2.05, 4.69) is 9.80 Å². The molecule has 2 aromatic rings. The lowest BCUT2D eigenvalue weighted by Crippen LogP contribution is -2.49. The average Bonchev–Trinajstić information content (AvgIpc) is 2.68. The van der Waals surface area contributed by atoms with Crippen molar-refractivity contribution in [3.05, 3.63) is 71.8 Å². The van der Waals surface area contributed by atoms with Crippen LogP contribution < -0.4 is 0 Å². The van der Waals surface area contributed by atoms with Crippen LogP contribution in [0, 0.1) is 0 Å². The van der Waals surface area contributed by atoms with Gasteiger partial charge in [0.1, 0.15) is 0 Å². The zero-order chi connectivity index (χ0) is 19.3. The van der Waals surface area contributed by atoms with Crippen molar-refractivity contribution >= 4 is 7.60 Å². The van der Waals surface area contributed by atoms with Crippen molar-refractivity contribution < 1.29 is 19.5 Å². The van der Waals surface area contributed by atoms with Crippen LogP contribution in [0.3, 0.4) is 0 Å². The Balaban J connectivity index is 1.72. The molecule has 146 valence electrons. The molecule has 1 fully saturated rings. The van der Waals surface area contributed by atoms with Crippen LogP contribution in [0.15, 0.2) is 60.7 Å². The monoisotopic (exact) mass is 390 g/mol. The summed E-state index contributed by atoms with van der Waals surface area (Å²) in [7, 11) is -3.97. The van der Waals surface area contributed by atoms with Crippen LogP contribution in [-0.4, -0.2) is 63.6 Å². The van der Waals surface area contributed by atoms with Crippen molar-refractivity contribution in [2.75, 3.05) is 38.9 Å². The molecule has 1 saturated heterocycles. The van der Waals surface area contributed by atoms with Crippen LogP contribution in [-0.2, 0) is 4.57 Å². The van der Waals surface area contributed by atoms with E-state index in [0.29, 0.717) is 6.54 Å². The number of rotatable bonds is 7. The lowest BCUT2D eigenvalue weighted by Gasteiger charge is -2.41. The summed E-state index contributed by atoms with van der Waals surface area (Å²) in [4.78, 5) is 22.5. The Hall–Kier alpha value is -1.53. The fraction of sp³-hybridized carbons (Fsp3) is 0.400. The van der Waals surface area contributed by atoms with E-state index in [0.717, 1.165) is 37.3 Å². The summed E-state index contributed by atoms with van der Waals surface area (Å²) >= 11 is 0. The largest absolute Gasteiger partial charge is 0.386 e. The molecule has 27 heavy (non-hydrogen) atoms. The van der Waals surface area contributed by atoms with E-state index in [1.807, 2.05) is 60.7 Å². The molecule has 1 heterocycles. The lowest BCUT2D eigenvalue weighted by atomic mass is 9.94. The number of benzene rings is 2. The van der Waals surface area contributed by atoms with Crippen molar-refractivity contribution in [2.45, 2.75) is 12.1 Å². The Morgan fingerprint density at radius 2 is 1.37 bits per heavy atom. The van der Waals surface area contributed by atoms with E-state index in [4.69, 9.17) is 9.79 Å². The minimum Gasteiger partial charge on any atom is -0.386 e. The Bertz CT molecular complexity index is 745. The van der Waals surface area contributed by atoms with Crippen LogP contribution in [0.2, 0.25) is 0 Å². The molecular weight excluding hydrogens is 363 g/mol. The van der Waals surface area contributed by atoms with E-state index in [9.17, 15) is 9.67 Å². The van der Waals surface area contributed by atoms with Gasteiger partial charge in [0, 0.05) is 32.7 Å². The lowest BCUT2D eigenvalue weighted by molar-refractivity contribution is 0.0175. The fourth-order valence-corrected chi connectivity index (χ4v) is 4.16. The van der Waals surface area contributed by atoms with Crippen molar-refractivity contribution in [3.63, 3.8) is 0 Å². The molecule has 0 amide bonds. The van der Waals surface area contributed by atoms with Gasteiger partial charge < -0.3 is 19.8 Å². The second-order valence-corrected chi connectivity index (χ2v) is 8.75. The second kappa shape index (κ2) is 9.11. The highest BCUT2D eigenvalue weighted by atomic mass is 31.2. The Morgan fingerprint density at radius 3 is 1.89 bits per heavy atom. The minimum atomic E-state index is -3.97. The van der Waals surface area contributed by atoms with Gasteiger partial charge >= 0.3 is 7.60 Å². The van der Waals surface area contributed by atoms with Crippen molar-refractivity contribution in [1.82, 2.24) is 9.80 Å². The van der Waals surface area contributed by atoms with E-state index < -0.39 is 13.7 Å². The summed E-state index contributed by atoms with van der Waals surface area (Å²) in [6, 6.07) is 19.5. The van der Waals surface area contributed by atoms with Gasteiger partial charge in [0.25, 0.3) is 0 Å². The number of aliphatic hydroxyl groups is 1. The molecule has 0 aromatic heterocycles. The molecule has 1 aliphatic rings. The Kier molecular flexibility index (Phi) is 6.82. The van der Waals surface area contributed by atoms with Gasteiger partial charge in [-0.2, -0.15) is 0 Å². The number of nitrogens with zero attached hydrogens (tertiary/aromatic N) is 2. The maximum Gasteiger partial charge on any atom is 0.326 e. The molecule has 0 radical (unpaired) electrons. The standard InChI is InChI=1S/C20H27N2O4P/c23-20(18-9-5-2-6-10-18)19(17-7-3-1-4-8-17)22-13-11-21(12-14-22)15-16-27(24,25)26/h1-10,19-20,23H,11-16H2,(H2,24,25,26)/t19-,20+/m1/s1. The van der Waals surface area contributed by atoms with Crippen molar-refractivity contribution in [2.24, 2.45) is 0 Å². The summed E-state index contributed by atoms with van der Waals surface area (Å²) < 4.78 is 11.1. The second-order valence-electron chi connectivity index (χ2n) is 6.98. The highest BCUT2D eigenvalue weighted by Crippen LogP contribution is 2.36. The molecular formula is C20H27N2O4P. The smallest absolute Gasteiger partial charge is 0.326 e. The summed E-state index contributed by atoms with van der Waals surface area (Å²) in [6.07, 6.45) is -0.753. The quantitative estimate of drug-likeness (QED) is 0.629. The van der Waals surface area contributed by atoms with Crippen LogP contribution >= 0.6 is 7.60 Å². The maximum atomic E-state index is 11.1. The molecule has 0 unspecified atom stereocenters. The van der Waals surface area contributed by atoms with Gasteiger partial charge in [-0.3, -0.25) is 9.46 Å². The first kappa shape index (κ1) is 20.2. The normalized spacial score (nSPS) is 18.9. The molecule has 0 aliphatic carbocycles. The average molecular weight is 390 g/mol. The van der Waals surface area contributed by atoms with Crippen LogP contribution in [0.5, 0.6) is 0 Å². The van der Waals surface area contributed by atoms with Crippen LogP contribution in [0.4, 0.5) is 0 Å². The van der Waals surface area contributed by atoms with Crippen LogP contribution in [0.1, 0.15) is 23.3 Å². The molecule has 3 rings (SSSR count). The summed E-state index contributed by atoms with van der Waals surface area (Å²) in [6.45, 7) is 3.33. The SMILES string of the molecule is O=P(O)(O)CCN1CCN([C@H](c2ccccc2)[C@@H](O)c2ccccc2)CC1. The van der Waals surface area contributed by atoms with Gasteiger partial charge in [0.15, 0.2) is 0 Å². The molecule has 2 aromatic carbocycles. The number of hydrogen-bond acceptors (Lipinski definition) is 4. The zero-order valence-electron chi connectivity index (χ0n) is 15.3. The van der Waals surface area contributed by atoms with Gasteiger partial charge in [0.05, 0.1) is 18.3 Å². The third kappa shape index (κ3) is 5.72. The van der Waals surface area contributed by atoms with Gasteiger partial charge in [0.2, 0.25) is 0 Å². The van der Waals surface area contributed by atoms with E-state index >= 15 is 0 Å². The summed E-state index contributed by atoms with van der Waals surface area (Å²) in [5.74, 6) is 0. The zero-order valence-corrected chi connectivity index (χ0v) is 16.2. The predicted molar refractivity (Wildman–Crippen MR) is 106 cm³/mol. The molecule has 7 heteroatoms. The van der Waals surface area contributed by atoms with E-state index in [1.54, 1.807) is 0 Å². The van der Waals surface area contributed by atoms with Gasteiger partial charge in [-0.15, -0.1) is 0 Å². The first-order valence-electron chi connectivity index (χ1n) is 9.23. The third-order valence-corrected chi connectivity index (χ3v) is 5.87. The third-order valence-electron chi connectivity index (χ3n) is 5.09. The van der Waals surface area contributed by atoms with E-state index in [1.165, 1.54) is 0 Å². The molecule has 0 spiro atoms. The first-order valence-corrected chi connectivity index (χ1v) is 11.0. The van der Waals surface area contributed by atoms with Crippen LogP contribution in [0.25, 0.3) is 0 Å². The van der Waals surface area contributed by atoms with Crippen molar-refractivity contribution in [3.8, 4) is 0 Å². The number of piperazine rings is 1. The predicted octanol–water partition coefficient (Wildman–Crippen LogP) is 2.26. The molecule has 6 nitrogen and oxygen atoms in total. The highest BCUT2D eigenvalue weighted by molar-refractivity contribution is 7.51. The Labute approximate surface area is 160 Å². The fourth-order valence-electron chi connectivity index (χ4n) is 3.61. The molecule has 2 atom stereocenters. The van der Waals surface area contributed by atoms with Crippen molar-refractivity contribution in [1.29, 1.82) is 0 Å². The number of hydrogen-bond donors (Lipinski definition) is 3. The Morgan fingerprint density at radius 1 is 0.852 bits per heavy atom. The molecule has 0 bridgehead atoms. The van der Waals surface area contributed by atoms with Gasteiger partial charge in [-0.05, 0) is 11.1 Å². The minimum absolute atomic E-state index is 0.109. The molecule has 0 saturated carbocycles. The van der Waals surface area contributed by atoms with E-state index in [-0.39, 0.29) is 12.2 Å². The van der Waals surface area contributed by atoms with Gasteiger partial charge in [-0.1, -0.05) is 60.7 Å². The topological polar surface area (TPSA) is 84.2 Å². The summed E-state index contributed by atoms with van der Waals surface area (Å²) in [5.41, 5.74) is 1.95. The maximum absolute atomic E-state index is 11.1. The first-order chi connectivity index (χ1) is 12.9. The molecule has 1 aliphatic heterocycles.